The molecule has 3 rings (SSSR count). The molecule has 2 aliphatic heterocycles. The Morgan fingerprint density at radius 2 is 1.57 bits per heavy atom. The van der Waals surface area contributed by atoms with Gasteiger partial charge in [0.15, 0.2) is 8.32 Å². The number of fused-ring (bicyclic) bond motifs is 2. The summed E-state index contributed by atoms with van der Waals surface area (Å²) in [6.45, 7) is 22.4. The maximum absolute atomic E-state index is 13.3. The lowest BCUT2D eigenvalue weighted by Crippen LogP contribution is -2.65. The zero-order chi connectivity index (χ0) is 31.8. The number of carbonyl (C=O) groups is 3. The Balaban J connectivity index is 1.88. The second-order valence-electron chi connectivity index (χ2n) is 14.3. The van der Waals surface area contributed by atoms with Crippen molar-refractivity contribution in [2.45, 2.75) is 110 Å². The SMILES string of the molecule is CC(C)(C)OC(=O)N1CC2CC(c3cnc(OCCO[Si](C)(C)C(C)(C)C)s3)=C(C(=O)O)C(C1)N2C(=O)OC(C)(C)C. The zero-order valence-electron chi connectivity index (χ0n) is 26.8. The van der Waals surface area contributed by atoms with Gasteiger partial charge in [0.25, 0.3) is 5.19 Å². The van der Waals surface area contributed by atoms with Crippen molar-refractivity contribution in [1.29, 1.82) is 0 Å². The first-order valence-electron chi connectivity index (χ1n) is 14.3. The largest absolute Gasteiger partial charge is 0.478 e. The molecule has 0 saturated carbocycles. The highest BCUT2D eigenvalue weighted by Crippen LogP contribution is 2.42. The van der Waals surface area contributed by atoms with Crippen molar-refractivity contribution >= 4 is 43.4 Å². The number of carbonyl (C=O) groups excluding carboxylic acids is 2. The maximum Gasteiger partial charge on any atom is 0.411 e. The van der Waals surface area contributed by atoms with Gasteiger partial charge in [0.1, 0.15) is 17.8 Å². The van der Waals surface area contributed by atoms with E-state index >= 15 is 0 Å². The predicted octanol–water partition coefficient (Wildman–Crippen LogP) is 6.01. The van der Waals surface area contributed by atoms with Gasteiger partial charge < -0.3 is 28.6 Å². The van der Waals surface area contributed by atoms with Crippen LogP contribution in [0, 0.1) is 0 Å². The molecule has 2 aliphatic rings. The van der Waals surface area contributed by atoms with Crippen molar-refractivity contribution in [1.82, 2.24) is 14.8 Å². The van der Waals surface area contributed by atoms with Crippen LogP contribution in [0.1, 0.15) is 73.6 Å². The number of aromatic nitrogens is 1. The van der Waals surface area contributed by atoms with Crippen molar-refractivity contribution in [3.05, 3.63) is 16.6 Å². The summed E-state index contributed by atoms with van der Waals surface area (Å²) in [6, 6.07) is -1.45. The summed E-state index contributed by atoms with van der Waals surface area (Å²) in [7, 11) is -1.91. The molecule has 2 atom stereocenters. The highest BCUT2D eigenvalue weighted by atomic mass is 32.1. The second-order valence-corrected chi connectivity index (χ2v) is 20.1. The van der Waals surface area contributed by atoms with Crippen LogP contribution < -0.4 is 4.74 Å². The number of carboxylic acid groups (broad SMARTS) is 1. The molecule has 2 amide bonds. The van der Waals surface area contributed by atoms with Crippen LogP contribution in [0.5, 0.6) is 5.19 Å². The molecule has 13 heteroatoms. The Morgan fingerprint density at radius 1 is 0.976 bits per heavy atom. The highest BCUT2D eigenvalue weighted by Gasteiger charge is 2.49. The molecule has 0 radical (unpaired) electrons. The highest BCUT2D eigenvalue weighted by molar-refractivity contribution is 7.14. The molecule has 2 unspecified atom stereocenters. The Kier molecular flexibility index (Phi) is 9.80. The summed E-state index contributed by atoms with van der Waals surface area (Å²) in [6.07, 6.45) is 0.640. The normalized spacial score (nSPS) is 20.0. The average molecular weight is 626 g/mol. The maximum atomic E-state index is 13.3. The molecule has 11 nitrogen and oxygen atoms in total. The van der Waals surface area contributed by atoms with Crippen molar-refractivity contribution in [2.75, 3.05) is 26.3 Å². The van der Waals surface area contributed by atoms with Crippen molar-refractivity contribution < 1.29 is 38.1 Å². The number of carboxylic acids is 1. The number of nitrogens with zero attached hydrogens (tertiary/aromatic N) is 3. The van der Waals surface area contributed by atoms with Crippen molar-refractivity contribution in [3.63, 3.8) is 0 Å². The van der Waals surface area contributed by atoms with Gasteiger partial charge >= 0.3 is 18.2 Å². The molecule has 1 saturated heterocycles. The fourth-order valence-corrected chi connectivity index (χ4v) is 6.47. The lowest BCUT2D eigenvalue weighted by Gasteiger charge is -2.50. The number of amides is 2. The summed E-state index contributed by atoms with van der Waals surface area (Å²) in [5.41, 5.74) is -0.894. The van der Waals surface area contributed by atoms with Crippen LogP contribution in [0.25, 0.3) is 5.57 Å². The van der Waals surface area contributed by atoms with E-state index < -0.39 is 49.8 Å². The third kappa shape index (κ3) is 8.25. The molecule has 1 aromatic heterocycles. The van der Waals surface area contributed by atoms with Gasteiger partial charge in [-0.25, -0.2) is 19.4 Å². The molecule has 2 bridgehead atoms. The Morgan fingerprint density at radius 3 is 2.12 bits per heavy atom. The van der Waals surface area contributed by atoms with Gasteiger partial charge in [-0.15, -0.1) is 0 Å². The molecular formula is C29H47N3O8SSi. The van der Waals surface area contributed by atoms with Crippen LogP contribution in [-0.2, 0) is 18.7 Å². The van der Waals surface area contributed by atoms with E-state index in [4.69, 9.17) is 18.6 Å². The van der Waals surface area contributed by atoms with Gasteiger partial charge in [-0.3, -0.25) is 4.90 Å². The zero-order valence-corrected chi connectivity index (χ0v) is 28.6. The van der Waals surface area contributed by atoms with Gasteiger partial charge in [0.2, 0.25) is 0 Å². The Bertz CT molecular complexity index is 1210. The minimum absolute atomic E-state index is 0.0295. The number of rotatable bonds is 7. The van der Waals surface area contributed by atoms with Gasteiger partial charge in [-0.1, -0.05) is 32.1 Å². The molecule has 3 heterocycles. The van der Waals surface area contributed by atoms with E-state index in [0.29, 0.717) is 28.9 Å². The van der Waals surface area contributed by atoms with Crippen LogP contribution in [0.15, 0.2) is 11.8 Å². The smallest absolute Gasteiger partial charge is 0.411 e. The minimum Gasteiger partial charge on any atom is -0.478 e. The predicted molar refractivity (Wildman–Crippen MR) is 163 cm³/mol. The number of thiazole rings is 1. The molecule has 1 aromatic rings. The monoisotopic (exact) mass is 625 g/mol. The van der Waals surface area contributed by atoms with Crippen LogP contribution in [0.3, 0.4) is 0 Å². The summed E-state index contributed by atoms with van der Waals surface area (Å²) in [4.78, 5) is 47.1. The van der Waals surface area contributed by atoms with E-state index in [1.54, 1.807) is 47.7 Å². The first-order valence-corrected chi connectivity index (χ1v) is 18.0. The Hall–Kier alpha value is -2.64. The molecule has 42 heavy (non-hydrogen) atoms. The third-order valence-electron chi connectivity index (χ3n) is 7.50. The number of aliphatic carboxylic acids is 1. The first kappa shape index (κ1) is 33.9. The molecule has 0 spiro atoms. The lowest BCUT2D eigenvalue weighted by atomic mass is 9.84. The lowest BCUT2D eigenvalue weighted by molar-refractivity contribution is -0.134. The quantitative estimate of drug-likeness (QED) is 0.286. The molecular weight excluding hydrogens is 578 g/mol. The summed E-state index contributed by atoms with van der Waals surface area (Å²) < 4.78 is 23.3. The topological polar surface area (TPSA) is 128 Å². The minimum atomic E-state index is -1.91. The summed E-state index contributed by atoms with van der Waals surface area (Å²) >= 11 is 1.26. The van der Waals surface area contributed by atoms with Crippen LogP contribution in [0.4, 0.5) is 9.59 Å². The van der Waals surface area contributed by atoms with E-state index in [9.17, 15) is 19.5 Å². The number of ether oxygens (including phenoxy) is 3. The fourth-order valence-electron chi connectivity index (χ4n) is 4.59. The van der Waals surface area contributed by atoms with E-state index in [1.165, 1.54) is 21.1 Å². The van der Waals surface area contributed by atoms with E-state index in [2.05, 4.69) is 38.8 Å². The number of piperazine rings is 1. The van der Waals surface area contributed by atoms with E-state index in [1.807, 2.05) is 0 Å². The van der Waals surface area contributed by atoms with Gasteiger partial charge in [-0.2, -0.15) is 0 Å². The molecule has 1 N–H and O–H groups in total. The fraction of sp³-hybridized carbons (Fsp3) is 0.724. The van der Waals surface area contributed by atoms with Crippen LogP contribution >= 0.6 is 11.3 Å². The second kappa shape index (κ2) is 12.2. The van der Waals surface area contributed by atoms with Crippen molar-refractivity contribution in [3.8, 4) is 5.19 Å². The molecule has 0 aromatic carbocycles. The van der Waals surface area contributed by atoms with Crippen LogP contribution in [-0.4, -0.2) is 96.0 Å². The molecule has 0 aliphatic carbocycles. The standard InChI is InChI=1S/C29H47N3O8SSi/c1-27(2,3)39-25(35)31-16-18-14-19(22(23(33)34)20(17-31)32(18)26(36)40-28(4,5)6)21-15-30-24(41-21)37-12-13-38-42(10,11)29(7,8)9/h15,18,20H,12-14,16-17H2,1-11H3,(H,33,34). The summed E-state index contributed by atoms with van der Waals surface area (Å²) in [5.74, 6) is -1.17. The van der Waals surface area contributed by atoms with E-state index in [0.717, 1.165) is 0 Å². The molecule has 236 valence electrons. The van der Waals surface area contributed by atoms with Gasteiger partial charge in [0, 0.05) is 19.3 Å². The van der Waals surface area contributed by atoms with Crippen LogP contribution in [0.2, 0.25) is 18.1 Å². The molecule has 1 fully saturated rings. The summed E-state index contributed by atoms with van der Waals surface area (Å²) in [5, 5.41) is 10.9. The Labute approximate surface area is 254 Å². The number of hydrogen-bond acceptors (Lipinski definition) is 9. The first-order chi connectivity index (χ1) is 19.1. The van der Waals surface area contributed by atoms with Gasteiger partial charge in [0.05, 0.1) is 29.1 Å². The van der Waals surface area contributed by atoms with E-state index in [-0.39, 0.29) is 30.1 Å². The third-order valence-corrected chi connectivity index (χ3v) is 13.0. The van der Waals surface area contributed by atoms with Gasteiger partial charge in [-0.05, 0) is 71.7 Å². The van der Waals surface area contributed by atoms with Crippen molar-refractivity contribution in [2.24, 2.45) is 0 Å². The average Bonchev–Trinajstić information content (AvgIpc) is 3.26. The number of hydrogen-bond donors (Lipinski definition) is 1.